The highest BCUT2D eigenvalue weighted by molar-refractivity contribution is 5.69. The van der Waals surface area contributed by atoms with Crippen LogP contribution in [0.15, 0.2) is 35.3 Å². The number of fused-ring (bicyclic) bond motifs is 1. The number of aryl methyl sites for hydroxylation is 1. The van der Waals surface area contributed by atoms with Gasteiger partial charge in [0.05, 0.1) is 35.6 Å². The molecule has 3 atom stereocenters. The summed E-state index contributed by atoms with van der Waals surface area (Å²) in [4.78, 5) is 21.5. The zero-order valence-corrected chi connectivity index (χ0v) is 20.6. The van der Waals surface area contributed by atoms with Crippen LogP contribution in [0, 0.1) is 17.1 Å². The lowest BCUT2D eigenvalue weighted by Crippen LogP contribution is -2.58. The maximum absolute atomic E-state index is 14.8. The van der Waals surface area contributed by atoms with Crippen molar-refractivity contribution in [3.05, 3.63) is 63.5 Å². The van der Waals surface area contributed by atoms with Crippen molar-refractivity contribution >= 4 is 11.3 Å². The molecule has 0 amide bonds. The number of halogens is 4. The lowest BCUT2D eigenvalue weighted by atomic mass is 9.97. The number of imidazole rings is 1. The number of rotatable bonds is 5. The molecule has 0 bridgehead atoms. The average molecular weight is 505 g/mol. The fourth-order valence-corrected chi connectivity index (χ4v) is 5.04. The molecule has 7 nitrogen and oxygen atoms in total. The van der Waals surface area contributed by atoms with Crippen LogP contribution in [0.2, 0.25) is 0 Å². The first kappa shape index (κ1) is 25.7. The lowest BCUT2D eigenvalue weighted by Gasteiger charge is -2.48. The van der Waals surface area contributed by atoms with Crippen molar-refractivity contribution in [3.63, 3.8) is 0 Å². The molecule has 1 aromatic carbocycles. The van der Waals surface area contributed by atoms with Gasteiger partial charge in [-0.05, 0) is 32.4 Å². The Morgan fingerprint density at radius 3 is 2.58 bits per heavy atom. The van der Waals surface area contributed by atoms with Gasteiger partial charge in [-0.1, -0.05) is 13.0 Å². The van der Waals surface area contributed by atoms with Gasteiger partial charge in [0.15, 0.2) is 5.65 Å². The lowest BCUT2D eigenvalue weighted by molar-refractivity contribution is -0.137. The van der Waals surface area contributed by atoms with Crippen molar-refractivity contribution in [1.29, 1.82) is 5.26 Å². The molecule has 3 heterocycles. The minimum atomic E-state index is -4.60. The van der Waals surface area contributed by atoms with Gasteiger partial charge < -0.3 is 4.90 Å². The molecular weight excluding hydrogens is 476 g/mol. The van der Waals surface area contributed by atoms with Crippen LogP contribution in [0.1, 0.15) is 50.1 Å². The van der Waals surface area contributed by atoms with E-state index >= 15 is 0 Å². The van der Waals surface area contributed by atoms with E-state index in [0.29, 0.717) is 42.6 Å². The van der Waals surface area contributed by atoms with E-state index in [2.05, 4.69) is 20.9 Å². The van der Waals surface area contributed by atoms with Crippen molar-refractivity contribution in [2.75, 3.05) is 18.0 Å². The minimum Gasteiger partial charge on any atom is -0.363 e. The number of nitriles is 1. The van der Waals surface area contributed by atoms with Crippen molar-refractivity contribution in [2.24, 2.45) is 7.05 Å². The summed E-state index contributed by atoms with van der Waals surface area (Å²) >= 11 is 0. The number of hydrogen-bond donors (Lipinski definition) is 0. The van der Waals surface area contributed by atoms with Gasteiger partial charge in [0.25, 0.3) is 5.56 Å². The second-order valence-electron chi connectivity index (χ2n) is 9.30. The molecular formula is C25H28F4N6O. The van der Waals surface area contributed by atoms with E-state index < -0.39 is 23.6 Å². The summed E-state index contributed by atoms with van der Waals surface area (Å²) in [6.07, 6.45) is -2.10. The number of anilines is 1. The molecule has 4 rings (SSSR count). The Morgan fingerprint density at radius 1 is 1.25 bits per heavy atom. The van der Waals surface area contributed by atoms with E-state index in [1.54, 1.807) is 24.7 Å². The van der Waals surface area contributed by atoms with Crippen LogP contribution in [0.3, 0.4) is 0 Å². The van der Waals surface area contributed by atoms with E-state index in [-0.39, 0.29) is 29.6 Å². The molecule has 1 aliphatic rings. The van der Waals surface area contributed by atoms with Gasteiger partial charge in [0.1, 0.15) is 5.82 Å². The Bertz CT molecular complexity index is 1370. The molecule has 1 aliphatic heterocycles. The largest absolute Gasteiger partial charge is 0.416 e. The fraction of sp³-hybridized carbons (Fsp3) is 0.480. The number of nitrogens with zero attached hydrogens (tertiary/aromatic N) is 6. The van der Waals surface area contributed by atoms with Crippen LogP contribution in [-0.2, 0) is 19.6 Å². The van der Waals surface area contributed by atoms with Gasteiger partial charge in [0.2, 0.25) is 0 Å². The first-order valence-corrected chi connectivity index (χ1v) is 11.8. The molecule has 0 aliphatic carbocycles. The monoisotopic (exact) mass is 504 g/mol. The maximum atomic E-state index is 14.8. The summed E-state index contributed by atoms with van der Waals surface area (Å²) in [5, 5.41) is 9.08. The smallest absolute Gasteiger partial charge is 0.363 e. The predicted molar refractivity (Wildman–Crippen MR) is 127 cm³/mol. The van der Waals surface area contributed by atoms with Crippen LogP contribution in [-0.4, -0.2) is 44.3 Å². The van der Waals surface area contributed by atoms with E-state index in [4.69, 9.17) is 5.26 Å². The normalized spacial score (nSPS) is 20.0. The van der Waals surface area contributed by atoms with Gasteiger partial charge >= 0.3 is 6.18 Å². The summed E-state index contributed by atoms with van der Waals surface area (Å²) < 4.78 is 56.9. The molecule has 3 aromatic rings. The molecule has 36 heavy (non-hydrogen) atoms. The summed E-state index contributed by atoms with van der Waals surface area (Å²) in [6.45, 7) is 6.82. The molecule has 0 saturated carbocycles. The van der Waals surface area contributed by atoms with Crippen molar-refractivity contribution in [1.82, 2.24) is 19.1 Å². The molecule has 0 N–H and O–H groups in total. The molecule has 192 valence electrons. The van der Waals surface area contributed by atoms with Crippen LogP contribution in [0.4, 0.5) is 23.2 Å². The van der Waals surface area contributed by atoms with E-state index in [1.807, 2.05) is 13.8 Å². The van der Waals surface area contributed by atoms with E-state index in [1.165, 1.54) is 16.8 Å². The first-order chi connectivity index (χ1) is 17.0. The number of aromatic nitrogens is 3. The second-order valence-corrected chi connectivity index (χ2v) is 9.30. The highest BCUT2D eigenvalue weighted by Gasteiger charge is 2.37. The second kappa shape index (κ2) is 9.58. The third kappa shape index (κ3) is 4.57. The number of alkyl halides is 3. The molecule has 1 saturated heterocycles. The Hall–Kier alpha value is -3.39. The molecule has 0 spiro atoms. The van der Waals surface area contributed by atoms with Gasteiger partial charge in [-0.15, -0.1) is 0 Å². The molecule has 1 fully saturated rings. The van der Waals surface area contributed by atoms with E-state index in [0.717, 1.165) is 6.07 Å². The average Bonchev–Trinajstić information content (AvgIpc) is 3.25. The highest BCUT2D eigenvalue weighted by Crippen LogP contribution is 2.35. The third-order valence-corrected chi connectivity index (χ3v) is 7.07. The Labute approximate surface area is 206 Å². The van der Waals surface area contributed by atoms with Crippen molar-refractivity contribution in [3.8, 4) is 6.07 Å². The minimum absolute atomic E-state index is 0.0458. The predicted octanol–water partition coefficient (Wildman–Crippen LogP) is 4.31. The van der Waals surface area contributed by atoms with Gasteiger partial charge in [-0.3, -0.25) is 9.69 Å². The quantitative estimate of drug-likeness (QED) is 0.485. The molecule has 0 radical (unpaired) electrons. The summed E-state index contributed by atoms with van der Waals surface area (Å²) in [5.74, 6) is -0.877. The topological polar surface area (TPSA) is 69.6 Å². The van der Waals surface area contributed by atoms with Gasteiger partial charge in [-0.25, -0.2) is 18.6 Å². The Morgan fingerprint density at radius 2 is 1.97 bits per heavy atom. The summed E-state index contributed by atoms with van der Waals surface area (Å²) in [6, 6.07) is 5.72. The van der Waals surface area contributed by atoms with Crippen LogP contribution >= 0.6 is 0 Å². The third-order valence-electron chi connectivity index (χ3n) is 7.07. The number of piperazine rings is 1. The standard InChI is InChI=1S/C25H28F4N6O/c1-5-19-14-33(22-11-23(36)32(4)35-13-18(8-9-30)31-24(22)35)15(2)12-34(19)16(3)20-7-6-17(10-21(20)26)25(27,28)29/h6-7,10-11,13,15-16,19H,5,8,12,14H2,1-4H3/t15-,16?,19+/m0/s1. The van der Waals surface area contributed by atoms with Crippen LogP contribution in [0.5, 0.6) is 0 Å². The highest BCUT2D eigenvalue weighted by atomic mass is 19.4. The van der Waals surface area contributed by atoms with Gasteiger partial charge in [0, 0.05) is 49.9 Å². The van der Waals surface area contributed by atoms with Crippen molar-refractivity contribution < 1.29 is 17.6 Å². The fourth-order valence-electron chi connectivity index (χ4n) is 5.04. The summed E-state index contributed by atoms with van der Waals surface area (Å²) in [5.41, 5.74) is 0.769. The first-order valence-electron chi connectivity index (χ1n) is 11.8. The zero-order chi connectivity index (χ0) is 26.4. The van der Waals surface area contributed by atoms with Gasteiger partial charge in [-0.2, -0.15) is 18.4 Å². The Kier molecular flexibility index (Phi) is 6.84. The van der Waals surface area contributed by atoms with E-state index in [9.17, 15) is 22.4 Å². The Balaban J connectivity index is 1.67. The van der Waals surface area contributed by atoms with Crippen LogP contribution in [0.25, 0.3) is 5.65 Å². The number of hydrogen-bond acceptors (Lipinski definition) is 5. The number of benzene rings is 1. The zero-order valence-electron chi connectivity index (χ0n) is 20.6. The summed E-state index contributed by atoms with van der Waals surface area (Å²) in [7, 11) is 1.63. The van der Waals surface area contributed by atoms with Crippen LogP contribution < -0.4 is 10.5 Å². The molecule has 11 heteroatoms. The molecule has 1 unspecified atom stereocenters. The molecule has 2 aromatic heterocycles. The maximum Gasteiger partial charge on any atom is 0.416 e. The van der Waals surface area contributed by atoms with Crippen molar-refractivity contribution in [2.45, 2.75) is 57.9 Å². The SMILES string of the molecule is CC[C@@H]1CN(c2cc(=O)n(C)n3cc(CC#N)nc23)[C@@H](C)CN1C(C)c1ccc(C(F)(F)F)cc1F.